The number of carboxylic acids is 1. The van der Waals surface area contributed by atoms with E-state index in [1.54, 1.807) is 60.7 Å². The molecule has 0 aromatic heterocycles. The molecule has 1 aliphatic heterocycles. The van der Waals surface area contributed by atoms with Crippen LogP contribution < -0.4 is 0 Å². The Morgan fingerprint density at radius 3 is 1.81 bits per heavy atom. The zero-order valence-corrected chi connectivity index (χ0v) is 18.9. The Hall–Kier alpha value is -2.57. The molecule has 0 bridgehead atoms. The minimum absolute atomic E-state index is 0.255. The molecule has 5 nitrogen and oxygen atoms in total. The van der Waals surface area contributed by atoms with Gasteiger partial charge < -0.3 is 14.7 Å². The number of rotatable bonds is 5. The maximum absolute atomic E-state index is 13.1. The van der Waals surface area contributed by atoms with Crippen molar-refractivity contribution in [1.82, 2.24) is 4.90 Å². The largest absolute Gasteiger partial charge is 0.479 e. The van der Waals surface area contributed by atoms with Crippen LogP contribution in [0.1, 0.15) is 34.9 Å². The Bertz CT molecular complexity index is 1120. The fourth-order valence-electron chi connectivity index (χ4n) is 3.93. The number of ether oxygens (including phenoxy) is 1. The third kappa shape index (κ3) is 4.62. The van der Waals surface area contributed by atoms with E-state index in [9.17, 15) is 14.7 Å². The van der Waals surface area contributed by atoms with E-state index in [-0.39, 0.29) is 6.61 Å². The highest BCUT2D eigenvalue weighted by Crippen LogP contribution is 2.44. The number of morpholine rings is 1. The molecule has 8 heteroatoms. The van der Waals surface area contributed by atoms with E-state index in [0.29, 0.717) is 26.2 Å². The second-order valence-corrected chi connectivity index (χ2v) is 8.68. The standard InChI is InChI=1S/C24H18Cl3NO4/c25-17-7-1-14(2-8-17)21-23(16-5-11-19(27)12-6-16)32-13-20(29)28(21)22(24(30)31)15-3-9-18(26)10-4-15/h1-12,21-23H,13H2,(H,30,31)/t21-,22-,23+/m1/s1. The van der Waals surface area contributed by atoms with E-state index in [4.69, 9.17) is 39.5 Å². The average molecular weight is 491 g/mol. The lowest BCUT2D eigenvalue weighted by Crippen LogP contribution is -2.49. The van der Waals surface area contributed by atoms with Gasteiger partial charge in [-0.05, 0) is 53.1 Å². The molecule has 3 atom stereocenters. The number of carbonyl (C=O) groups excluding carboxylic acids is 1. The number of carboxylic acid groups (broad SMARTS) is 1. The van der Waals surface area contributed by atoms with Gasteiger partial charge in [-0.1, -0.05) is 71.2 Å². The lowest BCUT2D eigenvalue weighted by molar-refractivity contribution is -0.171. The minimum Gasteiger partial charge on any atom is -0.479 e. The van der Waals surface area contributed by atoms with Gasteiger partial charge in [0.05, 0.1) is 6.04 Å². The molecule has 1 aliphatic rings. The molecule has 3 aromatic rings. The number of halogens is 3. The molecule has 1 N–H and O–H groups in total. The van der Waals surface area contributed by atoms with Crippen LogP contribution >= 0.6 is 34.8 Å². The van der Waals surface area contributed by atoms with Crippen molar-refractivity contribution < 1.29 is 19.4 Å². The Morgan fingerprint density at radius 2 is 1.31 bits per heavy atom. The SMILES string of the molecule is O=C(O)[C@@H](c1ccc(Cl)cc1)N1C(=O)CO[C@@H](c2ccc(Cl)cc2)[C@H]1c1ccc(Cl)cc1. The average Bonchev–Trinajstić information content (AvgIpc) is 2.77. The summed E-state index contributed by atoms with van der Waals surface area (Å²) in [5.74, 6) is -1.59. The highest BCUT2D eigenvalue weighted by atomic mass is 35.5. The van der Waals surface area contributed by atoms with Crippen molar-refractivity contribution in [3.05, 3.63) is 105 Å². The number of aliphatic carboxylic acids is 1. The molecule has 0 radical (unpaired) electrons. The number of amides is 1. The molecule has 32 heavy (non-hydrogen) atoms. The van der Waals surface area contributed by atoms with Crippen LogP contribution in [0.5, 0.6) is 0 Å². The first-order chi connectivity index (χ1) is 15.3. The van der Waals surface area contributed by atoms with Crippen LogP contribution in [0.25, 0.3) is 0 Å². The van der Waals surface area contributed by atoms with Crippen LogP contribution in [-0.4, -0.2) is 28.5 Å². The molecule has 1 fully saturated rings. The van der Waals surface area contributed by atoms with Gasteiger partial charge in [-0.25, -0.2) is 4.79 Å². The quantitative estimate of drug-likeness (QED) is 0.468. The third-order valence-corrected chi connectivity index (χ3v) is 6.12. The molecule has 0 saturated carbocycles. The van der Waals surface area contributed by atoms with Gasteiger partial charge in [0.25, 0.3) is 0 Å². The molecule has 4 rings (SSSR count). The molecule has 1 saturated heterocycles. The molecule has 1 amide bonds. The van der Waals surface area contributed by atoms with Crippen molar-refractivity contribution in [3.63, 3.8) is 0 Å². The van der Waals surface area contributed by atoms with E-state index in [2.05, 4.69) is 0 Å². The van der Waals surface area contributed by atoms with Crippen LogP contribution in [0.3, 0.4) is 0 Å². The molecule has 1 heterocycles. The van der Waals surface area contributed by atoms with Gasteiger partial charge in [-0.15, -0.1) is 0 Å². The van der Waals surface area contributed by atoms with E-state index in [1.807, 2.05) is 12.1 Å². The highest BCUT2D eigenvalue weighted by molar-refractivity contribution is 6.31. The molecular weight excluding hydrogens is 473 g/mol. The Kier molecular flexibility index (Phi) is 6.72. The van der Waals surface area contributed by atoms with Gasteiger partial charge in [0.2, 0.25) is 5.91 Å². The first-order valence-corrected chi connectivity index (χ1v) is 10.9. The summed E-state index contributed by atoms with van der Waals surface area (Å²) in [6, 6.07) is 18.5. The molecule has 164 valence electrons. The maximum atomic E-state index is 13.1. The summed E-state index contributed by atoms with van der Waals surface area (Å²) >= 11 is 18.1. The number of hydrogen-bond acceptors (Lipinski definition) is 3. The Balaban J connectivity index is 1.86. The Labute approximate surface area is 200 Å². The van der Waals surface area contributed by atoms with Crippen molar-refractivity contribution in [2.24, 2.45) is 0 Å². The minimum atomic E-state index is -1.24. The first-order valence-electron chi connectivity index (χ1n) is 9.77. The maximum Gasteiger partial charge on any atom is 0.331 e. The van der Waals surface area contributed by atoms with Crippen molar-refractivity contribution in [1.29, 1.82) is 0 Å². The number of hydrogen-bond donors (Lipinski definition) is 1. The van der Waals surface area contributed by atoms with E-state index < -0.39 is 30.1 Å². The zero-order valence-electron chi connectivity index (χ0n) is 16.6. The summed E-state index contributed by atoms with van der Waals surface area (Å²) in [5, 5.41) is 11.7. The van der Waals surface area contributed by atoms with Crippen LogP contribution in [0.15, 0.2) is 72.8 Å². The van der Waals surface area contributed by atoms with E-state index in [1.165, 1.54) is 4.90 Å². The number of nitrogens with zero attached hydrogens (tertiary/aromatic N) is 1. The van der Waals surface area contributed by atoms with E-state index in [0.717, 1.165) is 5.56 Å². The molecular formula is C24H18Cl3NO4. The first kappa shape index (κ1) is 22.6. The summed E-state index contributed by atoms with van der Waals surface area (Å²) in [7, 11) is 0. The predicted octanol–water partition coefficient (Wildman–Crippen LogP) is 6.11. The summed E-state index contributed by atoms with van der Waals surface area (Å²) in [4.78, 5) is 26.9. The molecule has 0 spiro atoms. The highest BCUT2D eigenvalue weighted by Gasteiger charge is 2.45. The fraction of sp³-hybridized carbons (Fsp3) is 0.167. The van der Waals surface area contributed by atoms with Gasteiger partial charge in [0.1, 0.15) is 12.7 Å². The van der Waals surface area contributed by atoms with Gasteiger partial charge in [-0.2, -0.15) is 0 Å². The summed E-state index contributed by atoms with van der Waals surface area (Å²) in [6.45, 7) is -0.255. The monoisotopic (exact) mass is 489 g/mol. The van der Waals surface area contributed by atoms with Gasteiger partial charge in [-0.3, -0.25) is 4.79 Å². The van der Waals surface area contributed by atoms with E-state index >= 15 is 0 Å². The van der Waals surface area contributed by atoms with Gasteiger partial charge in [0, 0.05) is 15.1 Å². The fourth-order valence-corrected chi connectivity index (χ4v) is 4.30. The zero-order chi connectivity index (χ0) is 22.8. The van der Waals surface area contributed by atoms with Crippen molar-refractivity contribution in [3.8, 4) is 0 Å². The van der Waals surface area contributed by atoms with Crippen LogP contribution in [0.4, 0.5) is 0 Å². The van der Waals surface area contributed by atoms with Crippen molar-refractivity contribution in [2.45, 2.75) is 18.2 Å². The lowest BCUT2D eigenvalue weighted by Gasteiger charge is -2.44. The van der Waals surface area contributed by atoms with Crippen LogP contribution in [0, 0.1) is 0 Å². The molecule has 0 aliphatic carbocycles. The predicted molar refractivity (Wildman–Crippen MR) is 123 cm³/mol. The second-order valence-electron chi connectivity index (χ2n) is 7.37. The normalized spacial score (nSPS) is 19.6. The molecule has 0 unspecified atom stereocenters. The van der Waals surface area contributed by atoms with Crippen molar-refractivity contribution >= 4 is 46.7 Å². The van der Waals surface area contributed by atoms with Crippen LogP contribution in [0.2, 0.25) is 15.1 Å². The van der Waals surface area contributed by atoms with Crippen LogP contribution in [-0.2, 0) is 14.3 Å². The smallest absolute Gasteiger partial charge is 0.331 e. The molecule has 3 aromatic carbocycles. The van der Waals surface area contributed by atoms with Gasteiger partial charge in [0.15, 0.2) is 6.04 Å². The van der Waals surface area contributed by atoms with Crippen molar-refractivity contribution in [2.75, 3.05) is 6.61 Å². The second kappa shape index (κ2) is 9.51. The number of benzene rings is 3. The third-order valence-electron chi connectivity index (χ3n) is 5.37. The topological polar surface area (TPSA) is 66.8 Å². The Morgan fingerprint density at radius 1 is 0.844 bits per heavy atom. The summed E-state index contributed by atoms with van der Waals surface area (Å²) in [6.07, 6.45) is -0.611. The summed E-state index contributed by atoms with van der Waals surface area (Å²) in [5.41, 5.74) is 1.90. The van der Waals surface area contributed by atoms with Gasteiger partial charge >= 0.3 is 5.97 Å². The number of carbonyl (C=O) groups is 2. The lowest BCUT2D eigenvalue weighted by atomic mass is 9.90. The summed E-state index contributed by atoms with van der Waals surface area (Å²) < 4.78 is 5.95.